The fourth-order valence-electron chi connectivity index (χ4n) is 3.51. The smallest absolute Gasteiger partial charge is 0.227 e. The summed E-state index contributed by atoms with van der Waals surface area (Å²) >= 11 is 5.84. The first-order valence-corrected chi connectivity index (χ1v) is 9.69. The Morgan fingerprint density at radius 2 is 1.93 bits per heavy atom. The summed E-state index contributed by atoms with van der Waals surface area (Å²) in [6.45, 7) is 7.85. The van der Waals surface area contributed by atoms with Crippen LogP contribution < -0.4 is 20.3 Å². The molecular weight excluding hydrogens is 364 g/mol. The maximum Gasteiger partial charge on any atom is 0.227 e. The van der Waals surface area contributed by atoms with Gasteiger partial charge in [-0.3, -0.25) is 4.90 Å². The molecule has 4 rings (SSSR count). The predicted octanol–water partition coefficient (Wildman–Crippen LogP) is 2.22. The Hall–Kier alpha value is -2.09. The summed E-state index contributed by atoms with van der Waals surface area (Å²) in [5, 5.41) is 7.04. The normalized spacial score (nSPS) is 18.2. The van der Waals surface area contributed by atoms with Crippen LogP contribution in [-0.2, 0) is 0 Å². The van der Waals surface area contributed by atoms with E-state index >= 15 is 0 Å². The van der Waals surface area contributed by atoms with Gasteiger partial charge < -0.3 is 20.3 Å². The second kappa shape index (κ2) is 8.29. The zero-order valence-electron chi connectivity index (χ0n) is 15.5. The number of methoxy groups -OCH3 is 1. The first-order chi connectivity index (χ1) is 13.2. The SMILES string of the molecule is COc1cc(N2CCN(CC3CNC3)CC2)ccc1Nc1ncc(Cl)cn1. The van der Waals surface area contributed by atoms with Crippen LogP contribution in [0.4, 0.5) is 17.3 Å². The van der Waals surface area contributed by atoms with Crippen LogP contribution in [0.3, 0.4) is 0 Å². The van der Waals surface area contributed by atoms with E-state index in [-0.39, 0.29) is 0 Å². The van der Waals surface area contributed by atoms with Crippen LogP contribution in [0.1, 0.15) is 0 Å². The van der Waals surface area contributed by atoms with Crippen molar-refractivity contribution >= 4 is 28.9 Å². The number of piperazine rings is 1. The Kier molecular flexibility index (Phi) is 5.61. The lowest BCUT2D eigenvalue weighted by Gasteiger charge is -2.39. The number of aromatic nitrogens is 2. The van der Waals surface area contributed by atoms with Gasteiger partial charge in [0.25, 0.3) is 0 Å². The average Bonchev–Trinajstić information content (AvgIpc) is 2.67. The van der Waals surface area contributed by atoms with Crippen molar-refractivity contribution < 1.29 is 4.74 Å². The van der Waals surface area contributed by atoms with Gasteiger partial charge in [-0.15, -0.1) is 0 Å². The topological polar surface area (TPSA) is 65.6 Å². The Labute approximate surface area is 164 Å². The summed E-state index contributed by atoms with van der Waals surface area (Å²) in [4.78, 5) is 13.3. The Morgan fingerprint density at radius 1 is 1.19 bits per heavy atom. The Morgan fingerprint density at radius 3 is 2.56 bits per heavy atom. The molecule has 0 radical (unpaired) electrons. The monoisotopic (exact) mass is 388 g/mol. The number of nitrogens with one attached hydrogen (secondary N) is 2. The molecule has 144 valence electrons. The van der Waals surface area contributed by atoms with Crippen LogP contribution in [0.25, 0.3) is 0 Å². The molecule has 2 aliphatic heterocycles. The third-order valence-electron chi connectivity index (χ3n) is 5.17. The van der Waals surface area contributed by atoms with Gasteiger partial charge in [0, 0.05) is 57.6 Å². The Bertz CT molecular complexity index is 759. The molecule has 0 spiro atoms. The molecule has 2 N–H and O–H groups in total. The van der Waals surface area contributed by atoms with Crippen molar-refractivity contribution in [3.05, 3.63) is 35.6 Å². The predicted molar refractivity (Wildman–Crippen MR) is 108 cm³/mol. The minimum atomic E-state index is 0.490. The zero-order chi connectivity index (χ0) is 18.6. The number of nitrogens with zero attached hydrogens (tertiary/aromatic N) is 4. The summed E-state index contributed by atoms with van der Waals surface area (Å²) in [5.74, 6) is 2.09. The van der Waals surface area contributed by atoms with Crippen LogP contribution in [0.2, 0.25) is 5.02 Å². The molecule has 1 aromatic carbocycles. The van der Waals surface area contributed by atoms with Crippen molar-refractivity contribution in [1.82, 2.24) is 20.2 Å². The number of anilines is 3. The number of ether oxygens (including phenoxy) is 1. The molecule has 0 atom stereocenters. The molecule has 0 unspecified atom stereocenters. The minimum Gasteiger partial charge on any atom is -0.494 e. The second-order valence-electron chi connectivity index (χ2n) is 7.05. The van der Waals surface area contributed by atoms with Gasteiger partial charge in [-0.25, -0.2) is 9.97 Å². The molecule has 8 heteroatoms. The lowest BCUT2D eigenvalue weighted by Crippen LogP contribution is -2.53. The van der Waals surface area contributed by atoms with Crippen LogP contribution in [-0.4, -0.2) is 67.8 Å². The fourth-order valence-corrected chi connectivity index (χ4v) is 3.61. The molecule has 2 fully saturated rings. The van der Waals surface area contributed by atoms with Crippen molar-refractivity contribution in [2.45, 2.75) is 0 Å². The van der Waals surface area contributed by atoms with E-state index in [1.807, 2.05) is 6.07 Å². The number of benzene rings is 1. The lowest BCUT2D eigenvalue weighted by atomic mass is 10.0. The Balaban J connectivity index is 1.39. The second-order valence-corrected chi connectivity index (χ2v) is 7.48. The van der Waals surface area contributed by atoms with E-state index in [0.29, 0.717) is 11.0 Å². The molecule has 0 aliphatic carbocycles. The maximum absolute atomic E-state index is 5.84. The van der Waals surface area contributed by atoms with Crippen LogP contribution >= 0.6 is 11.6 Å². The highest BCUT2D eigenvalue weighted by Gasteiger charge is 2.23. The van der Waals surface area contributed by atoms with Gasteiger partial charge in [0.2, 0.25) is 5.95 Å². The summed E-state index contributed by atoms with van der Waals surface area (Å²) < 4.78 is 5.58. The zero-order valence-corrected chi connectivity index (χ0v) is 16.2. The van der Waals surface area contributed by atoms with Gasteiger partial charge in [-0.05, 0) is 18.1 Å². The third kappa shape index (κ3) is 4.43. The number of rotatable bonds is 6. The highest BCUT2D eigenvalue weighted by molar-refractivity contribution is 6.30. The summed E-state index contributed by atoms with van der Waals surface area (Å²) in [6.07, 6.45) is 3.13. The van der Waals surface area contributed by atoms with E-state index in [1.165, 1.54) is 25.3 Å². The first-order valence-electron chi connectivity index (χ1n) is 9.32. The van der Waals surface area contributed by atoms with Gasteiger partial charge >= 0.3 is 0 Å². The van der Waals surface area contributed by atoms with Gasteiger partial charge in [0.15, 0.2) is 0 Å². The molecule has 2 aromatic rings. The van der Waals surface area contributed by atoms with E-state index in [2.05, 4.69) is 42.5 Å². The van der Waals surface area contributed by atoms with Crippen molar-refractivity contribution in [2.24, 2.45) is 5.92 Å². The molecule has 0 bridgehead atoms. The van der Waals surface area contributed by atoms with Crippen LogP contribution in [0.5, 0.6) is 5.75 Å². The molecule has 2 saturated heterocycles. The molecule has 27 heavy (non-hydrogen) atoms. The molecule has 3 heterocycles. The van der Waals surface area contributed by atoms with E-state index in [9.17, 15) is 0 Å². The molecule has 7 nitrogen and oxygen atoms in total. The van der Waals surface area contributed by atoms with E-state index in [1.54, 1.807) is 19.5 Å². The van der Waals surface area contributed by atoms with Crippen molar-refractivity contribution in [3.63, 3.8) is 0 Å². The molecular formula is C19H25ClN6O. The molecule has 0 amide bonds. The summed E-state index contributed by atoms with van der Waals surface area (Å²) in [7, 11) is 1.68. The lowest BCUT2D eigenvalue weighted by molar-refractivity contribution is 0.184. The molecule has 2 aliphatic rings. The fraction of sp³-hybridized carbons (Fsp3) is 0.474. The average molecular weight is 389 g/mol. The van der Waals surface area contributed by atoms with Gasteiger partial charge in [0.05, 0.1) is 30.2 Å². The minimum absolute atomic E-state index is 0.490. The quantitative estimate of drug-likeness (QED) is 0.786. The van der Waals surface area contributed by atoms with Crippen molar-refractivity contribution in [1.29, 1.82) is 0 Å². The number of hydrogen-bond donors (Lipinski definition) is 2. The molecule has 1 aromatic heterocycles. The van der Waals surface area contributed by atoms with E-state index < -0.39 is 0 Å². The third-order valence-corrected chi connectivity index (χ3v) is 5.37. The highest BCUT2D eigenvalue weighted by atomic mass is 35.5. The van der Waals surface area contributed by atoms with Gasteiger partial charge in [0.1, 0.15) is 5.75 Å². The first kappa shape index (κ1) is 18.3. The summed E-state index contributed by atoms with van der Waals surface area (Å²) in [6, 6.07) is 6.20. The standard InChI is InChI=1S/C19H25ClN6O/c1-27-18-8-16(2-3-17(18)24-19-22-11-15(20)12-23-19)26-6-4-25(5-7-26)13-14-9-21-10-14/h2-3,8,11-12,14,21H,4-7,9-10,13H2,1H3,(H,22,23,24). The number of hydrogen-bond acceptors (Lipinski definition) is 7. The largest absolute Gasteiger partial charge is 0.494 e. The van der Waals surface area contributed by atoms with Crippen LogP contribution in [0.15, 0.2) is 30.6 Å². The van der Waals surface area contributed by atoms with Gasteiger partial charge in [-0.2, -0.15) is 0 Å². The summed E-state index contributed by atoms with van der Waals surface area (Å²) in [5.41, 5.74) is 2.01. The highest BCUT2D eigenvalue weighted by Crippen LogP contribution is 2.32. The van der Waals surface area contributed by atoms with Crippen LogP contribution in [0, 0.1) is 5.92 Å². The maximum atomic E-state index is 5.84. The molecule has 0 saturated carbocycles. The van der Waals surface area contributed by atoms with E-state index in [4.69, 9.17) is 16.3 Å². The number of halogens is 1. The van der Waals surface area contributed by atoms with Crippen molar-refractivity contribution in [2.75, 3.05) is 63.1 Å². The van der Waals surface area contributed by atoms with E-state index in [0.717, 1.165) is 43.5 Å². The van der Waals surface area contributed by atoms with Crippen molar-refractivity contribution in [3.8, 4) is 5.75 Å². The van der Waals surface area contributed by atoms with Gasteiger partial charge in [-0.1, -0.05) is 11.6 Å².